The number of hydrogen-bond donors (Lipinski definition) is 1. The van der Waals surface area contributed by atoms with E-state index in [0.717, 1.165) is 17.4 Å². The van der Waals surface area contributed by atoms with Crippen LogP contribution in [0.4, 0.5) is 6.01 Å². The number of aryl methyl sites for hydroxylation is 2. The molecule has 27 heavy (non-hydrogen) atoms. The zero-order valence-corrected chi connectivity index (χ0v) is 16.0. The summed E-state index contributed by atoms with van der Waals surface area (Å²) in [7, 11) is -3.27. The second kappa shape index (κ2) is 7.32. The highest BCUT2D eigenvalue weighted by atomic mass is 32.2. The Morgan fingerprint density at radius 3 is 2.37 bits per heavy atom. The van der Waals surface area contributed by atoms with Gasteiger partial charge in [-0.2, -0.15) is 0 Å². The van der Waals surface area contributed by atoms with Crippen molar-refractivity contribution in [2.24, 2.45) is 0 Å². The molecule has 8 heteroatoms. The van der Waals surface area contributed by atoms with Gasteiger partial charge in [-0.1, -0.05) is 23.3 Å². The highest BCUT2D eigenvalue weighted by molar-refractivity contribution is 7.90. The summed E-state index contributed by atoms with van der Waals surface area (Å²) in [5.74, 6) is -0.0718. The number of nitrogens with zero attached hydrogens (tertiary/aromatic N) is 2. The minimum Gasteiger partial charge on any atom is -0.403 e. The maximum Gasteiger partial charge on any atom is 0.322 e. The molecule has 0 aliphatic carbocycles. The molecule has 3 rings (SSSR count). The highest BCUT2D eigenvalue weighted by Crippen LogP contribution is 2.22. The van der Waals surface area contributed by atoms with Crippen LogP contribution >= 0.6 is 0 Å². The molecule has 0 spiro atoms. The third-order valence-electron chi connectivity index (χ3n) is 4.14. The van der Waals surface area contributed by atoms with E-state index in [1.165, 1.54) is 17.7 Å². The van der Waals surface area contributed by atoms with Gasteiger partial charge < -0.3 is 4.42 Å². The first-order valence-corrected chi connectivity index (χ1v) is 10.1. The predicted octanol–water partition coefficient (Wildman–Crippen LogP) is 2.94. The quantitative estimate of drug-likeness (QED) is 0.724. The first-order valence-electron chi connectivity index (χ1n) is 8.22. The van der Waals surface area contributed by atoms with Crippen molar-refractivity contribution in [3.05, 3.63) is 59.2 Å². The molecule has 7 nitrogen and oxygen atoms in total. The van der Waals surface area contributed by atoms with E-state index in [-0.39, 0.29) is 29.1 Å². The van der Waals surface area contributed by atoms with E-state index in [1.807, 2.05) is 32.0 Å². The molecule has 2 aromatic carbocycles. The Hall–Kier alpha value is -3.00. The second-order valence-corrected chi connectivity index (χ2v) is 8.37. The number of sulfone groups is 1. The molecule has 0 radical (unpaired) electrons. The summed E-state index contributed by atoms with van der Waals surface area (Å²) in [6, 6.07) is 11.9. The first-order chi connectivity index (χ1) is 12.7. The number of amides is 1. The lowest BCUT2D eigenvalue weighted by Gasteiger charge is -2.04. The van der Waals surface area contributed by atoms with Crippen LogP contribution in [0.2, 0.25) is 0 Å². The smallest absolute Gasteiger partial charge is 0.322 e. The van der Waals surface area contributed by atoms with Gasteiger partial charge in [-0.15, -0.1) is 5.10 Å². The monoisotopic (exact) mass is 385 g/mol. The number of benzene rings is 2. The average Bonchev–Trinajstić information content (AvgIpc) is 3.06. The van der Waals surface area contributed by atoms with Gasteiger partial charge in [0.05, 0.1) is 11.3 Å². The van der Waals surface area contributed by atoms with Crippen molar-refractivity contribution in [2.45, 2.75) is 25.2 Å². The molecule has 0 unspecified atom stereocenters. The minimum atomic E-state index is -3.27. The van der Waals surface area contributed by atoms with Crippen LogP contribution in [0.15, 0.2) is 51.8 Å². The Kier molecular flexibility index (Phi) is 5.09. The lowest BCUT2D eigenvalue weighted by atomic mass is 10.0. The van der Waals surface area contributed by atoms with Crippen molar-refractivity contribution in [2.75, 3.05) is 11.6 Å². The number of hydrogen-bond acceptors (Lipinski definition) is 6. The number of aromatic nitrogens is 2. The molecule has 3 aromatic rings. The van der Waals surface area contributed by atoms with Crippen molar-refractivity contribution in [3.8, 4) is 11.5 Å². The summed E-state index contributed by atoms with van der Waals surface area (Å²) < 4.78 is 28.4. The van der Waals surface area contributed by atoms with Crippen molar-refractivity contribution in [3.63, 3.8) is 0 Å². The third-order valence-corrected chi connectivity index (χ3v) is 5.27. The van der Waals surface area contributed by atoms with E-state index in [9.17, 15) is 13.2 Å². The Bertz CT molecular complexity index is 1090. The molecule has 0 aliphatic rings. The molecule has 0 atom stereocenters. The van der Waals surface area contributed by atoms with Gasteiger partial charge in [0.1, 0.15) is 0 Å². The number of nitrogens with one attached hydrogen (secondary N) is 1. The van der Waals surface area contributed by atoms with Gasteiger partial charge in [-0.25, -0.2) is 8.42 Å². The molecule has 1 N–H and O–H groups in total. The maximum absolute atomic E-state index is 12.2. The van der Waals surface area contributed by atoms with Gasteiger partial charge >= 0.3 is 6.01 Å². The summed E-state index contributed by atoms with van der Waals surface area (Å²) >= 11 is 0. The fraction of sp³-hybridized carbons (Fsp3) is 0.211. The van der Waals surface area contributed by atoms with E-state index in [4.69, 9.17) is 4.42 Å². The van der Waals surface area contributed by atoms with Crippen molar-refractivity contribution in [1.82, 2.24) is 10.2 Å². The Morgan fingerprint density at radius 1 is 1.04 bits per heavy atom. The normalized spacial score (nSPS) is 11.4. The third kappa shape index (κ3) is 4.59. The van der Waals surface area contributed by atoms with Crippen LogP contribution < -0.4 is 5.32 Å². The summed E-state index contributed by atoms with van der Waals surface area (Å²) in [5, 5.41) is 10.3. The van der Waals surface area contributed by atoms with Crippen LogP contribution in [-0.2, 0) is 21.1 Å². The summed E-state index contributed by atoms with van der Waals surface area (Å²) in [6.07, 6.45) is 1.33. The van der Waals surface area contributed by atoms with Gasteiger partial charge in [0.2, 0.25) is 11.8 Å². The van der Waals surface area contributed by atoms with Gasteiger partial charge in [0.15, 0.2) is 9.84 Å². The van der Waals surface area contributed by atoms with Gasteiger partial charge in [-0.05, 0) is 54.8 Å². The molecule has 140 valence electrons. The largest absolute Gasteiger partial charge is 0.403 e. The van der Waals surface area contributed by atoms with Crippen LogP contribution in [-0.4, -0.2) is 30.8 Å². The molecule has 1 heterocycles. The van der Waals surface area contributed by atoms with Gasteiger partial charge in [0.25, 0.3) is 0 Å². The lowest BCUT2D eigenvalue weighted by molar-refractivity contribution is -0.115. The molecule has 0 saturated carbocycles. The van der Waals surface area contributed by atoms with Crippen LogP contribution in [0.1, 0.15) is 16.7 Å². The van der Waals surface area contributed by atoms with E-state index in [1.54, 1.807) is 12.1 Å². The van der Waals surface area contributed by atoms with Crippen LogP contribution in [0.5, 0.6) is 0 Å². The molecule has 0 saturated heterocycles. The number of rotatable bonds is 5. The lowest BCUT2D eigenvalue weighted by Crippen LogP contribution is -2.14. The SMILES string of the molecule is Cc1ccc(CC(=O)Nc2nnc(-c3ccc(S(C)(=O)=O)cc3)o2)cc1C. The van der Waals surface area contributed by atoms with Crippen LogP contribution in [0.25, 0.3) is 11.5 Å². The number of carbonyl (C=O) groups is 1. The Balaban J connectivity index is 1.68. The number of anilines is 1. The zero-order chi connectivity index (χ0) is 19.6. The minimum absolute atomic E-state index is 0.00831. The molecular formula is C19H19N3O4S. The molecule has 0 fully saturated rings. The summed E-state index contributed by atoms with van der Waals surface area (Å²) in [6.45, 7) is 4.01. The first kappa shape index (κ1) is 18.8. The number of carbonyl (C=O) groups excluding carboxylic acids is 1. The maximum atomic E-state index is 12.2. The van der Waals surface area contributed by atoms with Gasteiger partial charge in [0, 0.05) is 11.8 Å². The standard InChI is InChI=1S/C19H19N3O4S/c1-12-4-5-14(10-13(12)2)11-17(23)20-19-22-21-18(26-19)15-6-8-16(9-7-15)27(3,24)25/h4-10H,11H2,1-3H3,(H,20,22,23). The van der Waals surface area contributed by atoms with Crippen LogP contribution in [0.3, 0.4) is 0 Å². The highest BCUT2D eigenvalue weighted by Gasteiger charge is 2.13. The van der Waals surface area contributed by atoms with E-state index in [0.29, 0.717) is 5.56 Å². The van der Waals surface area contributed by atoms with E-state index >= 15 is 0 Å². The Labute approximate surface area is 157 Å². The average molecular weight is 385 g/mol. The topological polar surface area (TPSA) is 102 Å². The van der Waals surface area contributed by atoms with Crippen LogP contribution in [0, 0.1) is 13.8 Å². The predicted molar refractivity (Wildman–Crippen MR) is 101 cm³/mol. The van der Waals surface area contributed by atoms with E-state index < -0.39 is 9.84 Å². The van der Waals surface area contributed by atoms with Crippen molar-refractivity contribution >= 4 is 21.8 Å². The van der Waals surface area contributed by atoms with Crippen molar-refractivity contribution < 1.29 is 17.6 Å². The summed E-state index contributed by atoms with van der Waals surface area (Å²) in [4.78, 5) is 12.4. The fourth-order valence-electron chi connectivity index (χ4n) is 2.50. The Morgan fingerprint density at radius 2 is 1.74 bits per heavy atom. The second-order valence-electron chi connectivity index (χ2n) is 6.35. The summed E-state index contributed by atoms with van der Waals surface area (Å²) in [5.41, 5.74) is 3.75. The molecule has 1 aromatic heterocycles. The van der Waals surface area contributed by atoms with Crippen molar-refractivity contribution in [1.29, 1.82) is 0 Å². The fourth-order valence-corrected chi connectivity index (χ4v) is 3.13. The van der Waals surface area contributed by atoms with E-state index in [2.05, 4.69) is 15.5 Å². The zero-order valence-electron chi connectivity index (χ0n) is 15.2. The molecule has 0 bridgehead atoms. The van der Waals surface area contributed by atoms with Gasteiger partial charge in [-0.3, -0.25) is 10.1 Å². The molecular weight excluding hydrogens is 366 g/mol. The molecule has 0 aliphatic heterocycles. The molecule has 1 amide bonds.